The normalized spacial score (nSPS) is 34.0. The van der Waals surface area contributed by atoms with Crippen LogP contribution >= 0.6 is 0 Å². The van der Waals surface area contributed by atoms with Crippen LogP contribution in [0.5, 0.6) is 0 Å². The summed E-state index contributed by atoms with van der Waals surface area (Å²) in [7, 11) is -1.79. The van der Waals surface area contributed by atoms with E-state index < -0.39 is 8.32 Å². The Morgan fingerprint density at radius 3 is 2.50 bits per heavy atom. The standard InChI is InChI=1S/C19H30O2Si/c1-17(2,3)22(5,6)21-13-19-11-14-9-7-8-10-15(14)18(19,4)12-16(19)20/h7-10,16,20H,11-13H2,1-6H3/t16-,18+,19-/m0/s1. The molecule has 1 saturated carbocycles. The van der Waals surface area contributed by atoms with Gasteiger partial charge in [0.25, 0.3) is 0 Å². The number of benzene rings is 1. The lowest BCUT2D eigenvalue weighted by atomic mass is 9.49. The molecular weight excluding hydrogens is 288 g/mol. The second kappa shape index (κ2) is 4.68. The summed E-state index contributed by atoms with van der Waals surface area (Å²) >= 11 is 0. The largest absolute Gasteiger partial charge is 0.416 e. The molecular formula is C19H30O2Si. The third-order valence-corrected chi connectivity index (χ3v) is 11.4. The molecule has 2 aliphatic carbocycles. The van der Waals surface area contributed by atoms with Gasteiger partial charge in [0.2, 0.25) is 0 Å². The number of aliphatic hydroxyl groups is 1. The molecule has 122 valence electrons. The van der Waals surface area contributed by atoms with Gasteiger partial charge < -0.3 is 9.53 Å². The Kier molecular flexibility index (Phi) is 3.45. The predicted molar refractivity (Wildman–Crippen MR) is 93.7 cm³/mol. The SMILES string of the molecule is CC(C)(C)[Si](C)(C)OC[C@]12Cc3ccccc3[C@@]1(C)C[C@@H]2O. The van der Waals surface area contributed by atoms with E-state index in [9.17, 15) is 5.11 Å². The van der Waals surface area contributed by atoms with E-state index in [1.807, 2.05) is 0 Å². The Balaban J connectivity index is 1.88. The Hall–Kier alpha value is -0.643. The second-order valence-corrected chi connectivity index (χ2v) is 13.9. The minimum Gasteiger partial charge on any atom is -0.416 e. The van der Waals surface area contributed by atoms with Gasteiger partial charge in [0, 0.05) is 17.4 Å². The maximum absolute atomic E-state index is 10.6. The zero-order valence-electron chi connectivity index (χ0n) is 14.9. The van der Waals surface area contributed by atoms with Crippen molar-refractivity contribution in [3.8, 4) is 0 Å². The summed E-state index contributed by atoms with van der Waals surface area (Å²) < 4.78 is 6.55. The third kappa shape index (κ3) is 1.98. The van der Waals surface area contributed by atoms with Gasteiger partial charge in [0.05, 0.1) is 6.10 Å². The highest BCUT2D eigenvalue weighted by Crippen LogP contribution is 2.65. The van der Waals surface area contributed by atoms with Crippen LogP contribution in [-0.2, 0) is 16.3 Å². The molecule has 0 saturated heterocycles. The van der Waals surface area contributed by atoms with Crippen molar-refractivity contribution in [2.24, 2.45) is 5.41 Å². The smallest absolute Gasteiger partial charge is 0.192 e. The summed E-state index contributed by atoms with van der Waals surface area (Å²) in [5.74, 6) is 0. The van der Waals surface area contributed by atoms with Crippen molar-refractivity contribution in [1.29, 1.82) is 0 Å². The molecule has 3 atom stereocenters. The van der Waals surface area contributed by atoms with E-state index in [2.05, 4.69) is 65.1 Å². The van der Waals surface area contributed by atoms with E-state index in [0.29, 0.717) is 6.61 Å². The van der Waals surface area contributed by atoms with Crippen LogP contribution in [0.4, 0.5) is 0 Å². The molecule has 1 N–H and O–H groups in total. The van der Waals surface area contributed by atoms with Gasteiger partial charge in [0.1, 0.15) is 0 Å². The molecule has 0 aliphatic heterocycles. The summed E-state index contributed by atoms with van der Waals surface area (Å²) in [6.07, 6.45) is 1.58. The topological polar surface area (TPSA) is 29.5 Å². The lowest BCUT2D eigenvalue weighted by Crippen LogP contribution is -2.64. The Morgan fingerprint density at radius 1 is 1.27 bits per heavy atom. The third-order valence-electron chi connectivity index (χ3n) is 6.95. The van der Waals surface area contributed by atoms with Gasteiger partial charge in [-0.15, -0.1) is 0 Å². The zero-order valence-corrected chi connectivity index (χ0v) is 15.9. The minimum atomic E-state index is -1.79. The molecule has 1 fully saturated rings. The molecule has 2 nitrogen and oxygen atoms in total. The maximum Gasteiger partial charge on any atom is 0.192 e. The van der Waals surface area contributed by atoms with Crippen molar-refractivity contribution in [3.63, 3.8) is 0 Å². The average Bonchev–Trinajstić information content (AvgIpc) is 2.61. The lowest BCUT2D eigenvalue weighted by Gasteiger charge is -2.59. The molecule has 0 radical (unpaired) electrons. The van der Waals surface area contributed by atoms with Crippen LogP contribution in [0, 0.1) is 5.41 Å². The zero-order chi connectivity index (χ0) is 16.4. The molecule has 0 spiro atoms. The first-order valence-electron chi connectivity index (χ1n) is 8.44. The first-order chi connectivity index (χ1) is 10.0. The van der Waals surface area contributed by atoms with Crippen LogP contribution < -0.4 is 0 Å². The van der Waals surface area contributed by atoms with Crippen LogP contribution in [0.15, 0.2) is 24.3 Å². The fraction of sp³-hybridized carbons (Fsp3) is 0.684. The Bertz CT molecular complexity index is 589. The first-order valence-corrected chi connectivity index (χ1v) is 11.3. The molecule has 0 bridgehead atoms. The van der Waals surface area contributed by atoms with Crippen molar-refractivity contribution in [2.75, 3.05) is 6.61 Å². The quantitative estimate of drug-likeness (QED) is 0.843. The highest BCUT2D eigenvalue weighted by Gasteiger charge is 2.67. The van der Waals surface area contributed by atoms with Crippen molar-refractivity contribution in [3.05, 3.63) is 35.4 Å². The maximum atomic E-state index is 10.6. The van der Waals surface area contributed by atoms with Crippen LogP contribution in [0.2, 0.25) is 18.1 Å². The van der Waals surface area contributed by atoms with Gasteiger partial charge >= 0.3 is 0 Å². The molecule has 0 unspecified atom stereocenters. The molecule has 3 heteroatoms. The van der Waals surface area contributed by atoms with Crippen LogP contribution in [0.3, 0.4) is 0 Å². The monoisotopic (exact) mass is 318 g/mol. The molecule has 22 heavy (non-hydrogen) atoms. The van der Waals surface area contributed by atoms with Gasteiger partial charge in [-0.2, -0.15) is 0 Å². The van der Waals surface area contributed by atoms with Crippen molar-refractivity contribution >= 4 is 8.32 Å². The van der Waals surface area contributed by atoms with E-state index in [1.54, 1.807) is 0 Å². The number of rotatable bonds is 3. The highest BCUT2D eigenvalue weighted by molar-refractivity contribution is 6.74. The van der Waals surface area contributed by atoms with Gasteiger partial charge in [-0.3, -0.25) is 0 Å². The van der Waals surface area contributed by atoms with Gasteiger partial charge in [-0.05, 0) is 42.1 Å². The summed E-state index contributed by atoms with van der Waals surface area (Å²) in [5, 5.41) is 10.8. The average molecular weight is 319 g/mol. The summed E-state index contributed by atoms with van der Waals surface area (Å²) in [6, 6.07) is 8.70. The predicted octanol–water partition coefficient (Wildman–Crippen LogP) is 4.27. The second-order valence-electron chi connectivity index (χ2n) is 9.09. The molecule has 0 aromatic heterocycles. The summed E-state index contributed by atoms with van der Waals surface area (Å²) in [5.41, 5.74) is 2.79. The number of hydrogen-bond donors (Lipinski definition) is 1. The van der Waals surface area contributed by atoms with Crippen LogP contribution in [0.25, 0.3) is 0 Å². The first kappa shape index (κ1) is 16.2. The Morgan fingerprint density at radius 2 is 1.91 bits per heavy atom. The summed E-state index contributed by atoms with van der Waals surface area (Å²) in [6.45, 7) is 14.4. The van der Waals surface area contributed by atoms with Gasteiger partial charge in [-0.1, -0.05) is 52.0 Å². The fourth-order valence-corrected chi connectivity index (χ4v) is 5.15. The van der Waals surface area contributed by atoms with E-state index in [-0.39, 0.29) is 22.0 Å². The van der Waals surface area contributed by atoms with E-state index in [4.69, 9.17) is 4.43 Å². The Labute approximate surface area is 136 Å². The lowest BCUT2D eigenvalue weighted by molar-refractivity contribution is -0.148. The molecule has 2 aliphatic rings. The molecule has 1 aromatic rings. The summed E-state index contributed by atoms with van der Waals surface area (Å²) in [4.78, 5) is 0. The number of fused-ring (bicyclic) bond motifs is 3. The minimum absolute atomic E-state index is 0.0748. The highest BCUT2D eigenvalue weighted by atomic mass is 28.4. The van der Waals surface area contributed by atoms with Crippen molar-refractivity contribution < 1.29 is 9.53 Å². The molecule has 3 rings (SSSR count). The fourth-order valence-electron chi connectivity index (χ4n) is 4.10. The van der Waals surface area contributed by atoms with Crippen LogP contribution in [0.1, 0.15) is 45.2 Å². The van der Waals surface area contributed by atoms with Gasteiger partial charge in [0.15, 0.2) is 8.32 Å². The molecule has 0 amide bonds. The van der Waals surface area contributed by atoms with Crippen molar-refractivity contribution in [1.82, 2.24) is 0 Å². The number of hydrogen-bond acceptors (Lipinski definition) is 2. The van der Waals surface area contributed by atoms with E-state index >= 15 is 0 Å². The van der Waals surface area contributed by atoms with Gasteiger partial charge in [-0.25, -0.2) is 0 Å². The van der Waals surface area contributed by atoms with Crippen molar-refractivity contribution in [2.45, 2.75) is 70.2 Å². The molecule has 1 aromatic carbocycles. The number of aliphatic hydroxyl groups excluding tert-OH is 1. The van der Waals surface area contributed by atoms with E-state index in [0.717, 1.165) is 12.8 Å². The molecule has 0 heterocycles. The van der Waals surface area contributed by atoms with E-state index in [1.165, 1.54) is 11.1 Å². The van der Waals surface area contributed by atoms with Crippen LogP contribution in [-0.4, -0.2) is 26.1 Å².